The Kier molecular flexibility index (Phi) is 4.48. The summed E-state index contributed by atoms with van der Waals surface area (Å²) in [5.41, 5.74) is 3.30. The Bertz CT molecular complexity index is 379. The van der Waals surface area contributed by atoms with Gasteiger partial charge in [-0.25, -0.2) is 0 Å². The number of thiol groups is 1. The summed E-state index contributed by atoms with van der Waals surface area (Å²) in [6, 6.07) is 6.81. The van der Waals surface area contributed by atoms with Crippen LogP contribution in [-0.4, -0.2) is 11.5 Å². The third kappa shape index (κ3) is 3.23. The molecule has 0 bridgehead atoms. The summed E-state index contributed by atoms with van der Waals surface area (Å²) in [4.78, 5) is 1.42. The van der Waals surface area contributed by atoms with Gasteiger partial charge in [0, 0.05) is 10.6 Å². The number of thioether (sulfide) groups is 1. The summed E-state index contributed by atoms with van der Waals surface area (Å²) in [6.07, 6.45) is 5.53. The van der Waals surface area contributed by atoms with Crippen LogP contribution in [0, 0.1) is 19.3 Å². The van der Waals surface area contributed by atoms with Crippen LogP contribution in [-0.2, 0) is 0 Å². The molecule has 1 aromatic carbocycles. The SMILES string of the molecule is Cc1ccc(SCC2(CS)CCCC2)cc1C. The lowest BCUT2D eigenvalue weighted by molar-refractivity contribution is 0.403. The van der Waals surface area contributed by atoms with Crippen molar-refractivity contribution in [3.05, 3.63) is 29.3 Å². The second-order valence-electron chi connectivity index (χ2n) is 5.40. The van der Waals surface area contributed by atoms with E-state index in [1.165, 1.54) is 47.5 Å². The molecule has 0 aliphatic heterocycles. The summed E-state index contributed by atoms with van der Waals surface area (Å²) >= 11 is 6.59. The average molecular weight is 266 g/mol. The zero-order valence-electron chi connectivity index (χ0n) is 10.8. The molecule has 2 rings (SSSR count). The fraction of sp³-hybridized carbons (Fsp3) is 0.600. The van der Waals surface area contributed by atoms with Crippen molar-refractivity contribution < 1.29 is 0 Å². The van der Waals surface area contributed by atoms with Gasteiger partial charge in [-0.1, -0.05) is 18.9 Å². The highest BCUT2D eigenvalue weighted by Crippen LogP contribution is 2.43. The molecule has 1 aliphatic rings. The first-order chi connectivity index (χ1) is 8.15. The van der Waals surface area contributed by atoms with Crippen LogP contribution in [0.1, 0.15) is 36.8 Å². The van der Waals surface area contributed by atoms with Crippen LogP contribution in [0.5, 0.6) is 0 Å². The van der Waals surface area contributed by atoms with Gasteiger partial charge in [-0.05, 0) is 61.1 Å². The standard InChI is InChI=1S/C15H22S2/c1-12-5-6-14(9-13(12)2)17-11-15(10-16)7-3-4-8-15/h5-6,9,16H,3-4,7-8,10-11H2,1-2H3. The monoisotopic (exact) mass is 266 g/mol. The summed E-state index contributed by atoms with van der Waals surface area (Å²) in [5, 5.41) is 0. The van der Waals surface area contributed by atoms with Gasteiger partial charge in [-0.2, -0.15) is 12.6 Å². The molecule has 0 unspecified atom stereocenters. The van der Waals surface area contributed by atoms with E-state index in [9.17, 15) is 0 Å². The van der Waals surface area contributed by atoms with E-state index in [-0.39, 0.29) is 0 Å². The van der Waals surface area contributed by atoms with E-state index in [4.69, 9.17) is 0 Å². The van der Waals surface area contributed by atoms with E-state index in [0.717, 1.165) is 5.75 Å². The van der Waals surface area contributed by atoms with Crippen LogP contribution in [0.2, 0.25) is 0 Å². The topological polar surface area (TPSA) is 0 Å². The minimum absolute atomic E-state index is 0.507. The van der Waals surface area contributed by atoms with Crippen LogP contribution in [0.15, 0.2) is 23.1 Å². The molecule has 1 aromatic rings. The highest BCUT2D eigenvalue weighted by molar-refractivity contribution is 7.99. The van der Waals surface area contributed by atoms with Crippen LogP contribution in [0.25, 0.3) is 0 Å². The third-order valence-corrected chi connectivity index (χ3v) is 6.04. The summed E-state index contributed by atoms with van der Waals surface area (Å²) in [6.45, 7) is 4.37. The number of hydrogen-bond donors (Lipinski definition) is 1. The third-order valence-electron chi connectivity index (χ3n) is 4.02. The fourth-order valence-electron chi connectivity index (χ4n) is 2.51. The van der Waals surface area contributed by atoms with Crippen molar-refractivity contribution in [1.29, 1.82) is 0 Å². The Morgan fingerprint density at radius 2 is 1.88 bits per heavy atom. The number of rotatable bonds is 4. The molecule has 1 saturated carbocycles. The molecule has 0 spiro atoms. The predicted molar refractivity (Wildman–Crippen MR) is 81.4 cm³/mol. The van der Waals surface area contributed by atoms with Gasteiger partial charge in [0.25, 0.3) is 0 Å². The molecule has 94 valence electrons. The zero-order chi connectivity index (χ0) is 12.3. The molecule has 0 aromatic heterocycles. The minimum atomic E-state index is 0.507. The van der Waals surface area contributed by atoms with Crippen molar-refractivity contribution in [2.24, 2.45) is 5.41 Å². The maximum absolute atomic E-state index is 4.57. The molecule has 17 heavy (non-hydrogen) atoms. The van der Waals surface area contributed by atoms with Gasteiger partial charge in [0.2, 0.25) is 0 Å². The summed E-state index contributed by atoms with van der Waals surface area (Å²) in [7, 11) is 0. The molecule has 0 N–H and O–H groups in total. The Morgan fingerprint density at radius 1 is 1.18 bits per heavy atom. The minimum Gasteiger partial charge on any atom is -0.179 e. The highest BCUT2D eigenvalue weighted by Gasteiger charge is 2.32. The van der Waals surface area contributed by atoms with Crippen LogP contribution in [0.3, 0.4) is 0 Å². The predicted octanol–water partition coefficient (Wildman–Crippen LogP) is 4.89. The average Bonchev–Trinajstić information content (AvgIpc) is 2.80. The molecule has 1 aliphatic carbocycles. The number of aryl methyl sites for hydroxylation is 2. The molecule has 0 saturated heterocycles. The van der Waals surface area contributed by atoms with Crippen LogP contribution in [0.4, 0.5) is 0 Å². The lowest BCUT2D eigenvalue weighted by Gasteiger charge is -2.26. The van der Waals surface area contributed by atoms with Gasteiger partial charge in [-0.15, -0.1) is 11.8 Å². The van der Waals surface area contributed by atoms with Gasteiger partial charge in [0.05, 0.1) is 0 Å². The van der Waals surface area contributed by atoms with Crippen molar-refractivity contribution in [2.75, 3.05) is 11.5 Å². The van der Waals surface area contributed by atoms with Crippen molar-refractivity contribution in [1.82, 2.24) is 0 Å². The molecule has 0 nitrogen and oxygen atoms in total. The first-order valence-corrected chi connectivity index (χ1v) is 8.08. The molecular weight excluding hydrogens is 244 g/mol. The smallest absolute Gasteiger partial charge is 0.00749 e. The van der Waals surface area contributed by atoms with E-state index in [1.54, 1.807) is 0 Å². The van der Waals surface area contributed by atoms with E-state index in [2.05, 4.69) is 44.7 Å². The molecular formula is C15H22S2. The van der Waals surface area contributed by atoms with Gasteiger partial charge < -0.3 is 0 Å². The largest absolute Gasteiger partial charge is 0.179 e. The molecule has 0 amide bonds. The molecule has 2 heteroatoms. The number of benzene rings is 1. The second kappa shape index (κ2) is 5.71. The highest BCUT2D eigenvalue weighted by atomic mass is 32.2. The van der Waals surface area contributed by atoms with Gasteiger partial charge in [-0.3, -0.25) is 0 Å². The van der Waals surface area contributed by atoms with E-state index in [1.807, 2.05) is 11.8 Å². The van der Waals surface area contributed by atoms with Gasteiger partial charge in [0.15, 0.2) is 0 Å². The van der Waals surface area contributed by atoms with Crippen molar-refractivity contribution in [3.8, 4) is 0 Å². The Labute approximate surface area is 115 Å². The molecule has 0 radical (unpaired) electrons. The Hall–Kier alpha value is -0.0800. The van der Waals surface area contributed by atoms with Gasteiger partial charge in [0.1, 0.15) is 0 Å². The maximum atomic E-state index is 4.57. The Morgan fingerprint density at radius 3 is 2.47 bits per heavy atom. The number of hydrogen-bond acceptors (Lipinski definition) is 2. The first-order valence-electron chi connectivity index (χ1n) is 6.46. The van der Waals surface area contributed by atoms with Crippen molar-refractivity contribution in [2.45, 2.75) is 44.4 Å². The van der Waals surface area contributed by atoms with E-state index >= 15 is 0 Å². The second-order valence-corrected chi connectivity index (χ2v) is 6.76. The molecule has 0 heterocycles. The zero-order valence-corrected chi connectivity index (χ0v) is 12.5. The Balaban J connectivity index is 1.99. The lowest BCUT2D eigenvalue weighted by atomic mass is 9.91. The quantitative estimate of drug-likeness (QED) is 0.598. The fourth-order valence-corrected chi connectivity index (χ4v) is 4.38. The van der Waals surface area contributed by atoms with Crippen molar-refractivity contribution >= 4 is 24.4 Å². The first kappa shape index (κ1) is 13.4. The van der Waals surface area contributed by atoms with Gasteiger partial charge >= 0.3 is 0 Å². The van der Waals surface area contributed by atoms with Crippen LogP contribution >= 0.6 is 24.4 Å². The maximum Gasteiger partial charge on any atom is 0.00749 e. The summed E-state index contributed by atoms with van der Waals surface area (Å²) in [5.74, 6) is 2.28. The van der Waals surface area contributed by atoms with Crippen molar-refractivity contribution in [3.63, 3.8) is 0 Å². The van der Waals surface area contributed by atoms with E-state index in [0.29, 0.717) is 5.41 Å². The molecule has 1 fully saturated rings. The molecule has 0 atom stereocenters. The van der Waals surface area contributed by atoms with E-state index < -0.39 is 0 Å². The summed E-state index contributed by atoms with van der Waals surface area (Å²) < 4.78 is 0. The lowest BCUT2D eigenvalue weighted by Crippen LogP contribution is -2.21. The van der Waals surface area contributed by atoms with Crippen LogP contribution < -0.4 is 0 Å². The normalized spacial score (nSPS) is 18.5.